The summed E-state index contributed by atoms with van der Waals surface area (Å²) in [5.41, 5.74) is 6.88. The molecule has 6 heteroatoms. The number of carbonyl (C=O) groups is 1. The molecule has 2 aromatic rings. The molecule has 0 spiro atoms. The van der Waals surface area contributed by atoms with Crippen LogP contribution >= 0.6 is 23.7 Å². The minimum Gasteiger partial charge on any atom is -0.330 e. The molecule has 1 aromatic heterocycles. The zero-order chi connectivity index (χ0) is 14.7. The Morgan fingerprint density at radius 3 is 2.68 bits per heavy atom. The fourth-order valence-electron chi connectivity index (χ4n) is 3.18. The first kappa shape index (κ1) is 17.2. The minimum atomic E-state index is -0.000977. The molecule has 0 aliphatic heterocycles. The molecule has 0 unspecified atom stereocenters. The Morgan fingerprint density at radius 1 is 1.27 bits per heavy atom. The van der Waals surface area contributed by atoms with Crippen molar-refractivity contribution in [1.29, 1.82) is 0 Å². The van der Waals surface area contributed by atoms with E-state index in [2.05, 4.69) is 10.3 Å². The molecule has 1 aliphatic rings. The van der Waals surface area contributed by atoms with Crippen LogP contribution in [0, 0.1) is 5.41 Å². The van der Waals surface area contributed by atoms with Gasteiger partial charge in [0.15, 0.2) is 5.13 Å². The average molecular weight is 340 g/mol. The van der Waals surface area contributed by atoms with Crippen LogP contribution in [0.1, 0.15) is 38.5 Å². The standard InChI is InChI=1S/C16H21N3OS.ClH/c17-11-16(8-4-1-5-9-16)10-14(20)19-15-18-12-6-2-3-7-13(12)21-15;/h2-3,6-7H,1,4-5,8-11,17H2,(H,18,19,20);1H. The van der Waals surface area contributed by atoms with E-state index in [1.165, 1.54) is 30.6 Å². The van der Waals surface area contributed by atoms with Crippen LogP contribution in [-0.2, 0) is 4.79 Å². The van der Waals surface area contributed by atoms with Gasteiger partial charge in [-0.15, -0.1) is 12.4 Å². The molecule has 0 radical (unpaired) electrons. The molecule has 1 aromatic carbocycles. The van der Waals surface area contributed by atoms with Gasteiger partial charge in [0.25, 0.3) is 0 Å². The first-order chi connectivity index (χ1) is 10.2. The maximum Gasteiger partial charge on any atom is 0.226 e. The molecule has 120 valence electrons. The molecule has 0 saturated heterocycles. The van der Waals surface area contributed by atoms with Crippen molar-refractivity contribution in [2.75, 3.05) is 11.9 Å². The molecule has 0 atom stereocenters. The van der Waals surface area contributed by atoms with Crippen LogP contribution < -0.4 is 11.1 Å². The highest BCUT2D eigenvalue weighted by Gasteiger charge is 2.33. The second-order valence-electron chi connectivity index (χ2n) is 5.98. The smallest absolute Gasteiger partial charge is 0.226 e. The highest BCUT2D eigenvalue weighted by Crippen LogP contribution is 2.38. The fraction of sp³-hybridized carbons (Fsp3) is 0.500. The third-order valence-electron chi connectivity index (χ3n) is 4.42. The quantitative estimate of drug-likeness (QED) is 0.886. The topological polar surface area (TPSA) is 68.0 Å². The lowest BCUT2D eigenvalue weighted by Gasteiger charge is -2.35. The largest absolute Gasteiger partial charge is 0.330 e. The van der Waals surface area contributed by atoms with Gasteiger partial charge in [-0.2, -0.15) is 0 Å². The Balaban J connectivity index is 0.00000176. The van der Waals surface area contributed by atoms with Crippen LogP contribution in [0.2, 0.25) is 0 Å². The van der Waals surface area contributed by atoms with Crippen molar-refractivity contribution in [2.24, 2.45) is 11.1 Å². The van der Waals surface area contributed by atoms with E-state index in [1.54, 1.807) is 0 Å². The molecule has 1 heterocycles. The van der Waals surface area contributed by atoms with Gasteiger partial charge in [0.05, 0.1) is 10.2 Å². The number of aromatic nitrogens is 1. The van der Waals surface area contributed by atoms with Gasteiger partial charge in [-0.1, -0.05) is 42.7 Å². The third-order valence-corrected chi connectivity index (χ3v) is 5.37. The van der Waals surface area contributed by atoms with Gasteiger partial charge < -0.3 is 11.1 Å². The number of nitrogens with one attached hydrogen (secondary N) is 1. The highest BCUT2D eigenvalue weighted by molar-refractivity contribution is 7.22. The molecule has 3 rings (SSSR count). The molecule has 1 saturated carbocycles. The van der Waals surface area contributed by atoms with Gasteiger partial charge in [0.2, 0.25) is 5.91 Å². The SMILES string of the molecule is Cl.NCC1(CC(=O)Nc2nc3ccccc3s2)CCCCC1. The Labute approximate surface area is 140 Å². The van der Waals surface area contributed by atoms with Crippen molar-refractivity contribution >= 4 is 45.0 Å². The van der Waals surface area contributed by atoms with E-state index in [0.29, 0.717) is 18.1 Å². The maximum absolute atomic E-state index is 12.3. The van der Waals surface area contributed by atoms with Crippen molar-refractivity contribution in [3.63, 3.8) is 0 Å². The van der Waals surface area contributed by atoms with Crippen LogP contribution in [0.15, 0.2) is 24.3 Å². The van der Waals surface area contributed by atoms with Crippen molar-refractivity contribution in [3.05, 3.63) is 24.3 Å². The van der Waals surface area contributed by atoms with Crippen molar-refractivity contribution in [1.82, 2.24) is 4.98 Å². The molecule has 22 heavy (non-hydrogen) atoms. The van der Waals surface area contributed by atoms with E-state index in [-0.39, 0.29) is 23.7 Å². The van der Waals surface area contributed by atoms with E-state index < -0.39 is 0 Å². The summed E-state index contributed by atoms with van der Waals surface area (Å²) in [6.45, 7) is 0.597. The highest BCUT2D eigenvalue weighted by atomic mass is 35.5. The van der Waals surface area contributed by atoms with Gasteiger partial charge in [0.1, 0.15) is 0 Å². The zero-order valence-corrected chi connectivity index (χ0v) is 14.1. The number of carbonyl (C=O) groups excluding carboxylic acids is 1. The second-order valence-corrected chi connectivity index (χ2v) is 7.01. The van der Waals surface area contributed by atoms with Crippen molar-refractivity contribution in [2.45, 2.75) is 38.5 Å². The predicted molar refractivity (Wildman–Crippen MR) is 94.7 cm³/mol. The number of nitrogens with two attached hydrogens (primary N) is 1. The van der Waals surface area contributed by atoms with Crippen molar-refractivity contribution < 1.29 is 4.79 Å². The molecule has 1 aliphatic carbocycles. The van der Waals surface area contributed by atoms with Gasteiger partial charge >= 0.3 is 0 Å². The summed E-state index contributed by atoms with van der Waals surface area (Å²) < 4.78 is 1.10. The fourth-order valence-corrected chi connectivity index (χ4v) is 4.07. The van der Waals surface area contributed by atoms with Crippen LogP contribution in [0.3, 0.4) is 0 Å². The average Bonchev–Trinajstić information content (AvgIpc) is 2.90. The van der Waals surface area contributed by atoms with Crippen LogP contribution in [-0.4, -0.2) is 17.4 Å². The Kier molecular flexibility index (Phi) is 5.78. The van der Waals surface area contributed by atoms with Crippen LogP contribution in [0.25, 0.3) is 10.2 Å². The second kappa shape index (κ2) is 7.40. The molecular formula is C16H22ClN3OS. The summed E-state index contributed by atoms with van der Waals surface area (Å²) in [4.78, 5) is 16.8. The third kappa shape index (κ3) is 3.77. The number of anilines is 1. The molecule has 4 nitrogen and oxygen atoms in total. The lowest BCUT2D eigenvalue weighted by molar-refractivity contribution is -0.118. The monoisotopic (exact) mass is 339 g/mol. The molecule has 0 bridgehead atoms. The number of fused-ring (bicyclic) bond motifs is 1. The van der Waals surface area contributed by atoms with E-state index in [1.807, 2.05) is 24.3 Å². The normalized spacial score (nSPS) is 17.0. The van der Waals surface area contributed by atoms with Crippen molar-refractivity contribution in [3.8, 4) is 0 Å². The Hall–Kier alpha value is -1.17. The summed E-state index contributed by atoms with van der Waals surface area (Å²) in [7, 11) is 0. The number of amides is 1. The first-order valence-electron chi connectivity index (χ1n) is 7.56. The Morgan fingerprint density at radius 2 is 2.00 bits per heavy atom. The van der Waals surface area contributed by atoms with E-state index in [4.69, 9.17) is 5.73 Å². The zero-order valence-electron chi connectivity index (χ0n) is 12.5. The molecule has 3 N–H and O–H groups in total. The van der Waals surface area contributed by atoms with E-state index >= 15 is 0 Å². The Bertz CT molecular complexity index is 604. The van der Waals surface area contributed by atoms with Gasteiger partial charge in [-0.3, -0.25) is 4.79 Å². The summed E-state index contributed by atoms with van der Waals surface area (Å²) in [5.74, 6) is 0.0430. The van der Waals surface area contributed by atoms with Crippen LogP contribution in [0.5, 0.6) is 0 Å². The number of halogens is 1. The van der Waals surface area contributed by atoms with E-state index in [9.17, 15) is 4.79 Å². The number of benzene rings is 1. The number of hydrogen-bond donors (Lipinski definition) is 2. The van der Waals surface area contributed by atoms with Crippen LogP contribution in [0.4, 0.5) is 5.13 Å². The molecule has 1 amide bonds. The predicted octanol–water partition coefficient (Wildman–Crippen LogP) is 3.96. The van der Waals surface area contributed by atoms with E-state index in [0.717, 1.165) is 23.1 Å². The number of para-hydroxylation sites is 1. The maximum atomic E-state index is 12.3. The number of hydrogen-bond acceptors (Lipinski definition) is 4. The van der Waals surface area contributed by atoms with Gasteiger partial charge in [-0.05, 0) is 36.9 Å². The summed E-state index contributed by atoms with van der Waals surface area (Å²) in [5, 5.41) is 3.64. The molecular weight excluding hydrogens is 318 g/mol. The lowest BCUT2D eigenvalue weighted by Crippen LogP contribution is -2.36. The summed E-state index contributed by atoms with van der Waals surface area (Å²) in [6.07, 6.45) is 6.28. The van der Waals surface area contributed by atoms with Gasteiger partial charge in [0, 0.05) is 6.42 Å². The first-order valence-corrected chi connectivity index (χ1v) is 8.38. The summed E-state index contributed by atoms with van der Waals surface area (Å²) in [6, 6.07) is 7.92. The summed E-state index contributed by atoms with van der Waals surface area (Å²) >= 11 is 1.52. The number of nitrogens with zero attached hydrogens (tertiary/aromatic N) is 1. The number of rotatable bonds is 4. The van der Waals surface area contributed by atoms with Gasteiger partial charge in [-0.25, -0.2) is 4.98 Å². The number of thiazole rings is 1. The lowest BCUT2D eigenvalue weighted by atomic mass is 9.72. The minimum absolute atomic E-state index is 0. The molecule has 1 fully saturated rings.